The molecule has 1 heterocycles. The molecule has 1 aliphatic rings. The van der Waals surface area contributed by atoms with Crippen LogP contribution in [0.1, 0.15) is 12.8 Å². The van der Waals surface area contributed by atoms with Crippen LogP contribution in [-0.4, -0.2) is 6.54 Å². The molecule has 0 radical (unpaired) electrons. The first kappa shape index (κ1) is 7.03. The van der Waals surface area contributed by atoms with E-state index in [2.05, 4.69) is 18.0 Å². The minimum absolute atomic E-state index is 1.16. The van der Waals surface area contributed by atoms with Gasteiger partial charge in [-0.2, -0.15) is 0 Å². The van der Waals surface area contributed by atoms with E-state index in [0.29, 0.717) is 0 Å². The van der Waals surface area contributed by atoms with Crippen molar-refractivity contribution in [2.24, 2.45) is 0 Å². The van der Waals surface area contributed by atoms with Gasteiger partial charge >= 0.3 is 0 Å². The van der Waals surface area contributed by atoms with E-state index < -0.39 is 0 Å². The first-order chi connectivity index (χ1) is 4.00. The Hall–Kier alpha value is -0.970. The van der Waals surface area contributed by atoms with Gasteiger partial charge in [0.25, 0.3) is 0 Å². The number of hydrogen-bond acceptors (Lipinski definition) is 2. The summed E-state index contributed by atoms with van der Waals surface area (Å²) in [5.74, 6) is 0. The molecule has 0 saturated heterocycles. The molecule has 0 unspecified atom stereocenters. The fraction of sp³-hybridized carbons (Fsp3) is 0.500. The fourth-order valence-corrected chi connectivity index (χ4v) is 0.572. The number of nitrogens with one attached hydrogen (secondary N) is 1. The molecule has 0 aromatic carbocycles. The van der Waals surface area contributed by atoms with Crippen molar-refractivity contribution in [1.29, 1.82) is 5.26 Å². The highest BCUT2D eigenvalue weighted by atomic mass is 14.8. The third kappa shape index (κ3) is 3.23. The molecule has 2 nitrogen and oxygen atoms in total. The van der Waals surface area contributed by atoms with Crippen LogP contribution in [0, 0.1) is 11.8 Å². The van der Waals surface area contributed by atoms with Crippen molar-refractivity contribution in [3.05, 3.63) is 12.3 Å². The van der Waals surface area contributed by atoms with Crippen LogP contribution in [0.15, 0.2) is 12.3 Å². The van der Waals surface area contributed by atoms with Gasteiger partial charge in [-0.05, 0) is 19.0 Å². The molecule has 0 spiro atoms. The van der Waals surface area contributed by atoms with Crippen LogP contribution in [0.4, 0.5) is 0 Å². The summed E-state index contributed by atoms with van der Waals surface area (Å²) in [5, 5.41) is 9.60. The van der Waals surface area contributed by atoms with E-state index in [1.807, 2.05) is 6.20 Å². The van der Waals surface area contributed by atoms with E-state index in [4.69, 9.17) is 5.26 Å². The highest BCUT2D eigenvalue weighted by molar-refractivity contribution is 4.83. The van der Waals surface area contributed by atoms with Crippen molar-refractivity contribution in [3.63, 3.8) is 0 Å². The molecule has 8 heavy (non-hydrogen) atoms. The molecule has 1 aliphatic heterocycles. The van der Waals surface area contributed by atoms with Gasteiger partial charge in [0.1, 0.15) is 0 Å². The second-order valence-corrected chi connectivity index (χ2v) is 1.50. The summed E-state index contributed by atoms with van der Waals surface area (Å²) in [6.07, 6.45) is 6.73. The third-order valence-electron chi connectivity index (χ3n) is 0.928. The largest absolute Gasteiger partial charge is 0.391 e. The Labute approximate surface area is 49.8 Å². The molecular weight excluding hydrogens is 100 g/mol. The zero-order chi connectivity index (χ0) is 6.24. The van der Waals surface area contributed by atoms with Crippen LogP contribution < -0.4 is 5.32 Å². The fourth-order valence-electron chi connectivity index (χ4n) is 0.572. The molecule has 44 valence electrons. The normalized spacial score (nSPS) is 15.2. The molecular formula is C6H10N2. The van der Waals surface area contributed by atoms with Gasteiger partial charge in [0, 0.05) is 13.1 Å². The van der Waals surface area contributed by atoms with Gasteiger partial charge in [-0.15, -0.1) is 0 Å². The highest BCUT2D eigenvalue weighted by Gasteiger charge is 1.84. The number of hydrogen-bond donors (Lipinski definition) is 1. The van der Waals surface area contributed by atoms with E-state index in [1.165, 1.54) is 12.8 Å². The topological polar surface area (TPSA) is 35.8 Å². The summed E-state index contributed by atoms with van der Waals surface area (Å²) in [7, 11) is 0. The van der Waals surface area contributed by atoms with E-state index in [9.17, 15) is 0 Å². The molecule has 2 heteroatoms. The van der Waals surface area contributed by atoms with Crippen LogP contribution in [0.2, 0.25) is 0 Å². The van der Waals surface area contributed by atoms with Crippen LogP contribution in [0.25, 0.3) is 0 Å². The first-order valence-electron chi connectivity index (χ1n) is 2.64. The number of nitrogens with zero attached hydrogens (tertiary/aromatic N) is 1. The lowest BCUT2D eigenvalue weighted by atomic mass is 10.2. The van der Waals surface area contributed by atoms with Crippen LogP contribution in [0.3, 0.4) is 0 Å². The van der Waals surface area contributed by atoms with Crippen LogP contribution in [0.5, 0.6) is 0 Å². The second kappa shape index (κ2) is 6.03. The minimum atomic E-state index is 1.16. The average molecular weight is 110 g/mol. The molecule has 0 aromatic heterocycles. The van der Waals surface area contributed by atoms with Crippen molar-refractivity contribution < 1.29 is 0 Å². The van der Waals surface area contributed by atoms with E-state index in [0.717, 1.165) is 6.54 Å². The van der Waals surface area contributed by atoms with Crippen molar-refractivity contribution in [2.45, 2.75) is 12.8 Å². The lowest BCUT2D eigenvalue weighted by Crippen LogP contribution is -2.09. The Balaban J connectivity index is 0.000000222. The lowest BCUT2D eigenvalue weighted by Gasteiger charge is -2.02. The number of nitriles is 1. The summed E-state index contributed by atoms with van der Waals surface area (Å²) < 4.78 is 0. The third-order valence-corrected chi connectivity index (χ3v) is 0.928. The maximum atomic E-state index is 6.50. The zero-order valence-corrected chi connectivity index (χ0v) is 4.80. The summed E-state index contributed by atoms with van der Waals surface area (Å²) in [5.41, 5.74) is 0. The Kier molecular flexibility index (Phi) is 5.30. The molecule has 0 amide bonds. The second-order valence-electron chi connectivity index (χ2n) is 1.50. The molecule has 1 N–H and O–H groups in total. The maximum Gasteiger partial charge on any atom is 0.0462 e. The smallest absolute Gasteiger partial charge is 0.0462 e. The Morgan fingerprint density at radius 3 is 2.38 bits per heavy atom. The van der Waals surface area contributed by atoms with Gasteiger partial charge in [-0.25, -0.2) is 5.26 Å². The van der Waals surface area contributed by atoms with Crippen molar-refractivity contribution >= 4 is 0 Å². The quantitative estimate of drug-likeness (QED) is 0.505. The molecule has 0 aromatic rings. The van der Waals surface area contributed by atoms with Gasteiger partial charge in [-0.3, -0.25) is 0 Å². The van der Waals surface area contributed by atoms with Crippen LogP contribution >= 0.6 is 0 Å². The molecule has 0 saturated carbocycles. The van der Waals surface area contributed by atoms with E-state index in [-0.39, 0.29) is 0 Å². The van der Waals surface area contributed by atoms with Crippen LogP contribution in [-0.2, 0) is 0 Å². The van der Waals surface area contributed by atoms with Crippen molar-refractivity contribution in [3.8, 4) is 6.57 Å². The summed E-state index contributed by atoms with van der Waals surface area (Å²) in [6, 6.07) is 0. The van der Waals surface area contributed by atoms with Gasteiger partial charge in [0.05, 0.1) is 0 Å². The summed E-state index contributed by atoms with van der Waals surface area (Å²) in [6.45, 7) is 4.66. The van der Waals surface area contributed by atoms with Gasteiger partial charge in [0.15, 0.2) is 0 Å². The maximum absolute atomic E-state index is 6.50. The first-order valence-corrected chi connectivity index (χ1v) is 2.64. The monoisotopic (exact) mass is 110 g/mol. The lowest BCUT2D eigenvalue weighted by molar-refractivity contribution is 0.728. The molecule has 0 atom stereocenters. The van der Waals surface area contributed by atoms with Gasteiger partial charge < -0.3 is 5.32 Å². The minimum Gasteiger partial charge on any atom is -0.391 e. The predicted molar refractivity (Wildman–Crippen MR) is 33.0 cm³/mol. The predicted octanol–water partition coefficient (Wildman–Crippen LogP) is 1.02. The number of rotatable bonds is 0. The number of allylic oxidation sites excluding steroid dienone is 1. The zero-order valence-electron chi connectivity index (χ0n) is 4.80. The standard InChI is InChI=1S/C5H9N.CHN/c1-2-4-6-5-3-1;1-2/h2,4,6H,1,3,5H2;1H. The average Bonchev–Trinajstić information content (AvgIpc) is 1.96. The SMILES string of the molecule is C#N.C1=CNCCC1. The Morgan fingerprint density at radius 1 is 1.50 bits per heavy atom. The summed E-state index contributed by atoms with van der Waals surface area (Å²) >= 11 is 0. The molecule has 1 rings (SSSR count). The summed E-state index contributed by atoms with van der Waals surface area (Å²) in [4.78, 5) is 0. The highest BCUT2D eigenvalue weighted by Crippen LogP contribution is 1.91. The van der Waals surface area contributed by atoms with Crippen molar-refractivity contribution in [1.82, 2.24) is 5.32 Å². The van der Waals surface area contributed by atoms with E-state index >= 15 is 0 Å². The van der Waals surface area contributed by atoms with Crippen molar-refractivity contribution in [2.75, 3.05) is 6.54 Å². The Bertz CT molecular complexity index is 75.8. The van der Waals surface area contributed by atoms with E-state index in [1.54, 1.807) is 0 Å². The molecule has 0 aliphatic carbocycles. The Morgan fingerprint density at radius 2 is 2.25 bits per heavy atom. The molecule has 0 fully saturated rings. The molecule has 0 bridgehead atoms. The van der Waals surface area contributed by atoms with Gasteiger partial charge in [-0.1, -0.05) is 6.08 Å². The van der Waals surface area contributed by atoms with Gasteiger partial charge in [0.2, 0.25) is 0 Å².